The predicted octanol–water partition coefficient (Wildman–Crippen LogP) is 5.15. The molecule has 0 aromatic heterocycles. The summed E-state index contributed by atoms with van der Waals surface area (Å²) in [6.45, 7) is 4.03. The molecule has 2 rings (SSSR count). The summed E-state index contributed by atoms with van der Waals surface area (Å²) < 4.78 is 6.91. The number of ether oxygens (including phenoxy) is 1. The van der Waals surface area contributed by atoms with E-state index < -0.39 is 0 Å². The van der Waals surface area contributed by atoms with E-state index in [2.05, 4.69) is 15.9 Å². The van der Waals surface area contributed by atoms with Gasteiger partial charge in [-0.1, -0.05) is 39.7 Å². The summed E-state index contributed by atoms with van der Waals surface area (Å²) in [5.41, 5.74) is 8.51. The van der Waals surface area contributed by atoms with Gasteiger partial charge in [-0.25, -0.2) is 0 Å². The average molecular weight is 371 g/mol. The van der Waals surface area contributed by atoms with Crippen LogP contribution < -0.4 is 10.5 Å². The normalized spacial score (nSPS) is 10.4. The predicted molar refractivity (Wildman–Crippen MR) is 91.0 cm³/mol. The summed E-state index contributed by atoms with van der Waals surface area (Å²) in [5.74, 6) is 1.32. The summed E-state index contributed by atoms with van der Waals surface area (Å²) in [4.78, 5) is 0.314. The Bertz CT molecular complexity index is 665. The van der Waals surface area contributed by atoms with Crippen LogP contribution in [0.1, 0.15) is 16.7 Å². The Morgan fingerprint density at radius 2 is 1.80 bits per heavy atom. The fourth-order valence-corrected chi connectivity index (χ4v) is 2.40. The molecule has 20 heavy (non-hydrogen) atoms. The number of hydrogen-bond donors (Lipinski definition) is 1. The molecule has 0 bridgehead atoms. The van der Waals surface area contributed by atoms with E-state index in [0.717, 1.165) is 26.9 Å². The number of nitrogens with two attached hydrogens (primary N) is 1. The zero-order valence-electron chi connectivity index (χ0n) is 11.0. The maximum atomic E-state index is 6.18. The highest BCUT2D eigenvalue weighted by Gasteiger charge is 2.08. The van der Waals surface area contributed by atoms with Crippen LogP contribution >= 0.6 is 39.7 Å². The van der Waals surface area contributed by atoms with Crippen LogP contribution in [0, 0.1) is 13.8 Å². The minimum atomic E-state index is 0.314. The van der Waals surface area contributed by atoms with Crippen molar-refractivity contribution in [1.29, 1.82) is 0 Å². The minimum Gasteiger partial charge on any atom is -0.456 e. The van der Waals surface area contributed by atoms with Gasteiger partial charge in [0.1, 0.15) is 16.5 Å². The van der Waals surface area contributed by atoms with Gasteiger partial charge in [0, 0.05) is 10.0 Å². The fraction of sp³-hybridized carbons (Fsp3) is 0.133. The lowest BCUT2D eigenvalue weighted by atomic mass is 10.1. The van der Waals surface area contributed by atoms with Gasteiger partial charge in [0.2, 0.25) is 0 Å². The summed E-state index contributed by atoms with van der Waals surface area (Å²) in [5, 5.41) is 0.480. The van der Waals surface area contributed by atoms with Crippen molar-refractivity contribution < 1.29 is 4.74 Å². The molecule has 0 amide bonds. The van der Waals surface area contributed by atoms with Gasteiger partial charge in [-0.2, -0.15) is 0 Å². The number of rotatable bonds is 3. The monoisotopic (exact) mass is 369 g/mol. The molecule has 5 heteroatoms. The third-order valence-electron chi connectivity index (χ3n) is 2.85. The number of hydrogen-bond acceptors (Lipinski definition) is 2. The first-order valence-electron chi connectivity index (χ1n) is 5.92. The van der Waals surface area contributed by atoms with Crippen molar-refractivity contribution in [2.24, 2.45) is 5.73 Å². The maximum Gasteiger partial charge on any atom is 0.146 e. The Morgan fingerprint density at radius 3 is 2.30 bits per heavy atom. The van der Waals surface area contributed by atoms with Crippen LogP contribution in [0.2, 0.25) is 5.02 Å². The van der Waals surface area contributed by atoms with E-state index in [0.29, 0.717) is 15.8 Å². The highest BCUT2D eigenvalue weighted by molar-refractivity contribution is 9.10. The quantitative estimate of drug-likeness (QED) is 0.759. The van der Waals surface area contributed by atoms with Crippen molar-refractivity contribution in [1.82, 2.24) is 0 Å². The third kappa shape index (κ3) is 3.32. The lowest BCUT2D eigenvalue weighted by Gasteiger charge is -2.11. The first-order valence-corrected chi connectivity index (χ1v) is 7.50. The molecule has 0 atom stereocenters. The van der Waals surface area contributed by atoms with Gasteiger partial charge in [0.05, 0.1) is 5.02 Å². The van der Waals surface area contributed by atoms with E-state index in [4.69, 9.17) is 34.3 Å². The van der Waals surface area contributed by atoms with E-state index in [-0.39, 0.29) is 0 Å². The molecule has 104 valence electrons. The number of benzene rings is 2. The molecule has 0 radical (unpaired) electrons. The second-order valence-corrected chi connectivity index (χ2v) is 6.12. The lowest BCUT2D eigenvalue weighted by molar-refractivity contribution is 0.482. The van der Waals surface area contributed by atoms with Crippen molar-refractivity contribution in [2.45, 2.75) is 13.8 Å². The van der Waals surface area contributed by atoms with Gasteiger partial charge in [-0.15, -0.1) is 0 Å². The van der Waals surface area contributed by atoms with Crippen LogP contribution in [0.5, 0.6) is 11.5 Å². The Labute approximate surface area is 137 Å². The molecule has 0 aliphatic carbocycles. The van der Waals surface area contributed by atoms with Gasteiger partial charge in [0.15, 0.2) is 0 Å². The molecular formula is C15H13BrClNOS. The van der Waals surface area contributed by atoms with Gasteiger partial charge in [-0.05, 0) is 55.3 Å². The average Bonchev–Trinajstić information content (AvgIpc) is 2.38. The molecule has 0 aliphatic heterocycles. The van der Waals surface area contributed by atoms with Crippen molar-refractivity contribution in [2.75, 3.05) is 0 Å². The van der Waals surface area contributed by atoms with Crippen molar-refractivity contribution in [3.63, 3.8) is 0 Å². The van der Waals surface area contributed by atoms with Crippen molar-refractivity contribution in [3.05, 3.63) is 56.5 Å². The summed E-state index contributed by atoms with van der Waals surface area (Å²) in [6.07, 6.45) is 0. The largest absolute Gasteiger partial charge is 0.456 e. The minimum absolute atomic E-state index is 0.314. The summed E-state index contributed by atoms with van der Waals surface area (Å²) in [7, 11) is 0. The molecule has 2 aromatic rings. The van der Waals surface area contributed by atoms with E-state index >= 15 is 0 Å². The molecular weight excluding hydrogens is 358 g/mol. The molecule has 2 nitrogen and oxygen atoms in total. The number of halogens is 2. The van der Waals surface area contributed by atoms with Crippen LogP contribution in [0.15, 0.2) is 34.8 Å². The molecule has 0 saturated carbocycles. The molecule has 0 unspecified atom stereocenters. The van der Waals surface area contributed by atoms with E-state index in [1.54, 1.807) is 18.2 Å². The summed E-state index contributed by atoms with van der Waals surface area (Å²) >= 11 is 14.6. The van der Waals surface area contributed by atoms with Gasteiger partial charge in [-0.3, -0.25) is 0 Å². The number of aryl methyl sites for hydroxylation is 2. The van der Waals surface area contributed by atoms with Crippen LogP contribution in [0.4, 0.5) is 0 Å². The molecule has 0 aliphatic rings. The molecule has 2 aromatic carbocycles. The molecule has 0 spiro atoms. The van der Waals surface area contributed by atoms with E-state index in [1.165, 1.54) is 0 Å². The molecule has 2 N–H and O–H groups in total. The molecule has 0 fully saturated rings. The van der Waals surface area contributed by atoms with Crippen molar-refractivity contribution >= 4 is 44.7 Å². The highest BCUT2D eigenvalue weighted by Crippen LogP contribution is 2.33. The second-order valence-electron chi connectivity index (χ2n) is 4.48. The topological polar surface area (TPSA) is 35.2 Å². The zero-order valence-corrected chi connectivity index (χ0v) is 14.2. The van der Waals surface area contributed by atoms with Gasteiger partial charge in [0.25, 0.3) is 0 Å². The molecule has 0 saturated heterocycles. The van der Waals surface area contributed by atoms with Crippen LogP contribution in [-0.2, 0) is 0 Å². The Hall–Kier alpha value is -1.10. The first kappa shape index (κ1) is 15.3. The van der Waals surface area contributed by atoms with Crippen molar-refractivity contribution in [3.8, 4) is 11.5 Å². The smallest absolute Gasteiger partial charge is 0.146 e. The van der Waals surface area contributed by atoms with Gasteiger partial charge >= 0.3 is 0 Å². The maximum absolute atomic E-state index is 6.18. The Morgan fingerprint density at radius 1 is 1.20 bits per heavy atom. The standard InChI is InChI=1S/C15H13BrClNOS/c1-8-5-11(6-9(2)14(8)16)19-13-4-3-10(15(18)20)7-12(13)17/h3-7H,1-2H3,(H2,18,20). The first-order chi connectivity index (χ1) is 9.38. The molecule has 0 heterocycles. The Kier molecular flexibility index (Phi) is 4.68. The van der Waals surface area contributed by atoms with Gasteiger partial charge < -0.3 is 10.5 Å². The van der Waals surface area contributed by atoms with Crippen LogP contribution in [-0.4, -0.2) is 4.99 Å². The summed E-state index contributed by atoms with van der Waals surface area (Å²) in [6, 6.07) is 9.17. The van der Waals surface area contributed by atoms with E-state index in [9.17, 15) is 0 Å². The zero-order chi connectivity index (χ0) is 14.9. The second kappa shape index (κ2) is 6.12. The Balaban J connectivity index is 2.33. The number of thiocarbonyl (C=S) groups is 1. The SMILES string of the molecule is Cc1cc(Oc2ccc(C(N)=S)cc2Cl)cc(C)c1Br. The van der Waals surface area contributed by atoms with Crippen LogP contribution in [0.3, 0.4) is 0 Å². The highest BCUT2D eigenvalue weighted by atomic mass is 79.9. The van der Waals surface area contributed by atoms with E-state index in [1.807, 2.05) is 26.0 Å². The third-order valence-corrected chi connectivity index (χ3v) is 4.64. The lowest BCUT2D eigenvalue weighted by Crippen LogP contribution is -2.08. The fourth-order valence-electron chi connectivity index (χ4n) is 1.83. The van der Waals surface area contributed by atoms with Crippen LogP contribution in [0.25, 0.3) is 0 Å².